The highest BCUT2D eigenvalue weighted by Crippen LogP contribution is 2.32. The Kier molecular flexibility index (Phi) is 4.30. The summed E-state index contributed by atoms with van der Waals surface area (Å²) in [6.45, 7) is 1.84. The van der Waals surface area contributed by atoms with Crippen molar-refractivity contribution in [2.75, 3.05) is 0 Å². The SMILES string of the molecule is Cc1ccccc1-n1nc(-c2cc(F)c(Cl)cc2Cl)cc1C(=O)O. The molecule has 4 nitrogen and oxygen atoms in total. The molecule has 0 saturated carbocycles. The highest BCUT2D eigenvalue weighted by Gasteiger charge is 2.20. The van der Waals surface area contributed by atoms with Crippen molar-refractivity contribution in [1.82, 2.24) is 9.78 Å². The lowest BCUT2D eigenvalue weighted by Gasteiger charge is -2.07. The summed E-state index contributed by atoms with van der Waals surface area (Å²) in [4.78, 5) is 11.6. The second-order valence-corrected chi connectivity index (χ2v) is 5.98. The number of aryl methyl sites for hydroxylation is 1. The van der Waals surface area contributed by atoms with E-state index in [9.17, 15) is 14.3 Å². The van der Waals surface area contributed by atoms with Gasteiger partial charge in [0.15, 0.2) is 5.69 Å². The number of halogens is 3. The minimum Gasteiger partial charge on any atom is -0.477 e. The van der Waals surface area contributed by atoms with Crippen LogP contribution in [-0.4, -0.2) is 20.9 Å². The molecule has 7 heteroatoms. The molecule has 0 fully saturated rings. The third kappa shape index (κ3) is 2.88. The predicted molar refractivity (Wildman–Crippen MR) is 90.7 cm³/mol. The number of hydrogen-bond acceptors (Lipinski definition) is 2. The van der Waals surface area contributed by atoms with Crippen molar-refractivity contribution in [2.24, 2.45) is 0 Å². The van der Waals surface area contributed by atoms with Crippen LogP contribution in [-0.2, 0) is 0 Å². The molecule has 1 heterocycles. The summed E-state index contributed by atoms with van der Waals surface area (Å²) in [6.07, 6.45) is 0. The topological polar surface area (TPSA) is 55.1 Å². The molecule has 0 aliphatic carbocycles. The Labute approximate surface area is 147 Å². The lowest BCUT2D eigenvalue weighted by Crippen LogP contribution is -2.08. The van der Waals surface area contributed by atoms with Crippen LogP contribution in [0.5, 0.6) is 0 Å². The summed E-state index contributed by atoms with van der Waals surface area (Å²) in [5.41, 5.74) is 1.94. The number of carbonyl (C=O) groups is 1. The monoisotopic (exact) mass is 364 g/mol. The zero-order chi connectivity index (χ0) is 17.4. The van der Waals surface area contributed by atoms with Gasteiger partial charge in [0, 0.05) is 5.56 Å². The zero-order valence-electron chi connectivity index (χ0n) is 12.4. The molecule has 3 aromatic rings. The minimum atomic E-state index is -1.15. The molecule has 3 rings (SSSR count). The van der Waals surface area contributed by atoms with Crippen LogP contribution in [0.2, 0.25) is 10.0 Å². The summed E-state index contributed by atoms with van der Waals surface area (Å²) in [6, 6.07) is 11.0. The van der Waals surface area contributed by atoms with Gasteiger partial charge in [-0.15, -0.1) is 0 Å². The van der Waals surface area contributed by atoms with E-state index in [4.69, 9.17) is 23.2 Å². The Morgan fingerprint density at radius 1 is 1.17 bits per heavy atom. The summed E-state index contributed by atoms with van der Waals surface area (Å²) < 4.78 is 15.1. The molecule has 1 N–H and O–H groups in total. The van der Waals surface area contributed by atoms with Gasteiger partial charge < -0.3 is 5.11 Å². The maximum atomic E-state index is 13.8. The number of aromatic carboxylic acids is 1. The number of carboxylic acids is 1. The molecule has 0 saturated heterocycles. The van der Waals surface area contributed by atoms with Crippen LogP contribution in [0.15, 0.2) is 42.5 Å². The predicted octanol–water partition coefficient (Wildman–Crippen LogP) is 4.99. The Bertz CT molecular complexity index is 954. The first kappa shape index (κ1) is 16.5. The van der Waals surface area contributed by atoms with Crippen molar-refractivity contribution < 1.29 is 14.3 Å². The Hall–Kier alpha value is -2.37. The standard InChI is InChI=1S/C17H11Cl2FN2O2/c1-9-4-2-3-5-15(9)22-16(17(23)24)8-14(21-22)10-6-13(20)12(19)7-11(10)18/h2-8H,1H3,(H,23,24). The van der Waals surface area contributed by atoms with Crippen molar-refractivity contribution in [3.8, 4) is 16.9 Å². The van der Waals surface area contributed by atoms with E-state index in [1.54, 1.807) is 12.1 Å². The van der Waals surface area contributed by atoms with E-state index in [1.807, 2.05) is 19.1 Å². The van der Waals surface area contributed by atoms with Gasteiger partial charge in [-0.05, 0) is 36.8 Å². The van der Waals surface area contributed by atoms with Crippen LogP contribution in [0.3, 0.4) is 0 Å². The highest BCUT2D eigenvalue weighted by molar-refractivity contribution is 6.36. The number of para-hydroxylation sites is 1. The smallest absolute Gasteiger partial charge is 0.354 e. The van der Waals surface area contributed by atoms with E-state index in [0.717, 1.165) is 11.6 Å². The van der Waals surface area contributed by atoms with Gasteiger partial charge in [0.05, 0.1) is 21.4 Å². The Morgan fingerprint density at radius 2 is 1.88 bits per heavy atom. The average Bonchev–Trinajstić information content (AvgIpc) is 2.96. The van der Waals surface area contributed by atoms with Gasteiger partial charge in [-0.1, -0.05) is 41.4 Å². The quantitative estimate of drug-likeness (QED) is 0.665. The van der Waals surface area contributed by atoms with Crippen LogP contribution >= 0.6 is 23.2 Å². The number of aromatic nitrogens is 2. The molecule has 0 aliphatic heterocycles. The minimum absolute atomic E-state index is 0.0503. The maximum Gasteiger partial charge on any atom is 0.354 e. The maximum absolute atomic E-state index is 13.8. The first-order valence-corrected chi connectivity index (χ1v) is 7.68. The fourth-order valence-electron chi connectivity index (χ4n) is 2.37. The van der Waals surface area contributed by atoms with Crippen molar-refractivity contribution in [3.05, 3.63) is 69.6 Å². The molecule has 24 heavy (non-hydrogen) atoms. The molecule has 0 aliphatic rings. The molecular formula is C17H11Cl2FN2O2. The van der Waals surface area contributed by atoms with E-state index in [0.29, 0.717) is 5.69 Å². The van der Waals surface area contributed by atoms with Crippen LogP contribution in [0.1, 0.15) is 16.1 Å². The van der Waals surface area contributed by atoms with Crippen molar-refractivity contribution >= 4 is 29.2 Å². The lowest BCUT2D eigenvalue weighted by molar-refractivity contribution is 0.0687. The van der Waals surface area contributed by atoms with Crippen LogP contribution < -0.4 is 0 Å². The third-order valence-electron chi connectivity index (χ3n) is 3.56. The van der Waals surface area contributed by atoms with Crippen molar-refractivity contribution in [3.63, 3.8) is 0 Å². The Balaban J connectivity index is 2.23. The van der Waals surface area contributed by atoms with Gasteiger partial charge in [-0.2, -0.15) is 5.10 Å². The second kappa shape index (κ2) is 6.26. The molecule has 0 unspecified atom stereocenters. The molecular weight excluding hydrogens is 354 g/mol. The first-order valence-electron chi connectivity index (χ1n) is 6.92. The van der Waals surface area contributed by atoms with Crippen LogP contribution in [0.4, 0.5) is 4.39 Å². The lowest BCUT2D eigenvalue weighted by atomic mass is 10.1. The molecule has 0 bridgehead atoms. The Morgan fingerprint density at radius 3 is 2.54 bits per heavy atom. The molecule has 1 aromatic heterocycles. The first-order chi connectivity index (χ1) is 11.4. The largest absolute Gasteiger partial charge is 0.477 e. The van der Waals surface area contributed by atoms with E-state index in [2.05, 4.69) is 5.10 Å². The van der Waals surface area contributed by atoms with E-state index >= 15 is 0 Å². The fraction of sp³-hybridized carbons (Fsp3) is 0.0588. The molecule has 0 radical (unpaired) electrons. The highest BCUT2D eigenvalue weighted by atomic mass is 35.5. The molecule has 0 spiro atoms. The van der Waals surface area contributed by atoms with Gasteiger partial charge in [0.25, 0.3) is 0 Å². The summed E-state index contributed by atoms with van der Waals surface area (Å²) in [5.74, 6) is -1.80. The van der Waals surface area contributed by atoms with Crippen LogP contribution in [0, 0.1) is 12.7 Å². The van der Waals surface area contributed by atoms with Gasteiger partial charge in [-0.25, -0.2) is 13.9 Å². The zero-order valence-corrected chi connectivity index (χ0v) is 13.9. The average molecular weight is 365 g/mol. The fourth-order valence-corrected chi connectivity index (χ4v) is 2.85. The second-order valence-electron chi connectivity index (χ2n) is 5.16. The summed E-state index contributed by atoms with van der Waals surface area (Å²) in [7, 11) is 0. The summed E-state index contributed by atoms with van der Waals surface area (Å²) in [5, 5.41) is 13.8. The van der Waals surface area contributed by atoms with Gasteiger partial charge in [0.1, 0.15) is 5.82 Å². The third-order valence-corrected chi connectivity index (χ3v) is 4.16. The number of hydrogen-bond donors (Lipinski definition) is 1. The van der Waals surface area contributed by atoms with E-state index in [-0.39, 0.29) is 27.0 Å². The number of nitrogens with zero attached hydrogens (tertiary/aromatic N) is 2. The molecule has 122 valence electrons. The van der Waals surface area contributed by atoms with Gasteiger partial charge >= 0.3 is 5.97 Å². The van der Waals surface area contributed by atoms with E-state index < -0.39 is 11.8 Å². The molecule has 2 aromatic carbocycles. The van der Waals surface area contributed by atoms with Crippen molar-refractivity contribution in [2.45, 2.75) is 6.92 Å². The number of carboxylic acid groups (broad SMARTS) is 1. The van der Waals surface area contributed by atoms with Crippen molar-refractivity contribution in [1.29, 1.82) is 0 Å². The molecule has 0 amide bonds. The normalized spacial score (nSPS) is 10.8. The molecule has 0 atom stereocenters. The van der Waals surface area contributed by atoms with Gasteiger partial charge in [-0.3, -0.25) is 0 Å². The summed E-state index contributed by atoms with van der Waals surface area (Å²) >= 11 is 11.8. The van der Waals surface area contributed by atoms with E-state index in [1.165, 1.54) is 16.8 Å². The number of rotatable bonds is 3. The van der Waals surface area contributed by atoms with Crippen LogP contribution in [0.25, 0.3) is 16.9 Å². The number of benzene rings is 2. The van der Waals surface area contributed by atoms with Gasteiger partial charge in [0.2, 0.25) is 0 Å².